The molecule has 1 saturated heterocycles. The van der Waals surface area contributed by atoms with Crippen LogP contribution in [0.3, 0.4) is 0 Å². The maximum atomic E-state index is 12.7. The molecular weight excluding hydrogens is 430 g/mol. The molecule has 1 N–H and O–H groups in total. The molecule has 0 unspecified atom stereocenters. The van der Waals surface area contributed by atoms with Gasteiger partial charge in [0.05, 0.1) is 16.8 Å². The first-order valence-electron chi connectivity index (χ1n) is 10.4. The zero-order valence-corrected chi connectivity index (χ0v) is 18.6. The zero-order valence-electron chi connectivity index (χ0n) is 17.8. The Labute approximate surface area is 186 Å². The fourth-order valence-electron chi connectivity index (χ4n) is 3.85. The van der Waals surface area contributed by atoms with Crippen LogP contribution in [0.1, 0.15) is 10.4 Å². The number of pyridine rings is 2. The average molecular weight is 456 g/mol. The lowest BCUT2D eigenvalue weighted by Gasteiger charge is -2.34. The summed E-state index contributed by atoms with van der Waals surface area (Å²) < 4.78 is 28.4. The SMILES string of the molecule is Cn1c(=O)cc(C(=O)NCCS(=O)(=O)N2CCN(c3ccccn3)CC2)c2ccccc21. The van der Waals surface area contributed by atoms with E-state index in [9.17, 15) is 18.0 Å². The van der Waals surface area contributed by atoms with Crippen molar-refractivity contribution in [1.82, 2.24) is 19.2 Å². The second-order valence-corrected chi connectivity index (χ2v) is 9.71. The first-order valence-corrected chi connectivity index (χ1v) is 12.0. The van der Waals surface area contributed by atoms with E-state index >= 15 is 0 Å². The Hall–Kier alpha value is -3.24. The molecule has 0 spiro atoms. The summed E-state index contributed by atoms with van der Waals surface area (Å²) in [6.07, 6.45) is 1.72. The fraction of sp³-hybridized carbons (Fsp3) is 0.318. The van der Waals surface area contributed by atoms with Gasteiger partial charge in [-0.3, -0.25) is 9.59 Å². The molecule has 3 heterocycles. The molecule has 0 saturated carbocycles. The van der Waals surface area contributed by atoms with Gasteiger partial charge in [-0.1, -0.05) is 24.3 Å². The van der Waals surface area contributed by atoms with Crippen LogP contribution in [-0.2, 0) is 17.1 Å². The van der Waals surface area contributed by atoms with E-state index in [-0.39, 0.29) is 23.4 Å². The highest BCUT2D eigenvalue weighted by atomic mass is 32.2. The molecule has 0 aliphatic carbocycles. The predicted octanol–water partition coefficient (Wildman–Crippen LogP) is 0.815. The Bertz CT molecular complexity index is 1280. The van der Waals surface area contributed by atoms with E-state index in [1.165, 1.54) is 14.9 Å². The number of hydrogen-bond donors (Lipinski definition) is 1. The quantitative estimate of drug-likeness (QED) is 0.590. The summed E-state index contributed by atoms with van der Waals surface area (Å²) in [6.45, 7) is 1.81. The fourth-order valence-corrected chi connectivity index (χ4v) is 5.19. The van der Waals surface area contributed by atoms with Crippen molar-refractivity contribution >= 4 is 32.7 Å². The summed E-state index contributed by atoms with van der Waals surface area (Å²) in [5, 5.41) is 3.29. The van der Waals surface area contributed by atoms with Crippen molar-refractivity contribution in [3.8, 4) is 0 Å². The first kappa shape index (κ1) is 22.0. The van der Waals surface area contributed by atoms with Crippen molar-refractivity contribution in [3.05, 3.63) is 70.6 Å². The summed E-state index contributed by atoms with van der Waals surface area (Å²) in [7, 11) is -1.87. The monoisotopic (exact) mass is 455 g/mol. The number of amides is 1. The summed E-state index contributed by atoms with van der Waals surface area (Å²) in [4.78, 5) is 31.3. The predicted molar refractivity (Wildman–Crippen MR) is 123 cm³/mol. The third kappa shape index (κ3) is 4.51. The van der Waals surface area contributed by atoms with Crippen LogP contribution in [0.4, 0.5) is 5.82 Å². The summed E-state index contributed by atoms with van der Waals surface area (Å²) in [5.41, 5.74) is 0.584. The second kappa shape index (κ2) is 9.09. The molecule has 1 aromatic carbocycles. The van der Waals surface area contributed by atoms with E-state index in [1.807, 2.05) is 18.2 Å². The van der Waals surface area contributed by atoms with Crippen LogP contribution < -0.4 is 15.8 Å². The number of nitrogens with one attached hydrogen (secondary N) is 1. The third-order valence-electron chi connectivity index (χ3n) is 5.65. The van der Waals surface area contributed by atoms with Gasteiger partial charge in [0, 0.05) is 57.4 Å². The van der Waals surface area contributed by atoms with Gasteiger partial charge in [-0.25, -0.2) is 13.4 Å². The summed E-state index contributed by atoms with van der Waals surface area (Å²) in [5.74, 6) is 0.164. The third-order valence-corrected chi connectivity index (χ3v) is 7.52. The molecule has 1 aliphatic heterocycles. The highest BCUT2D eigenvalue weighted by Gasteiger charge is 2.27. The van der Waals surface area contributed by atoms with Crippen LogP contribution in [-0.4, -0.2) is 66.7 Å². The van der Waals surface area contributed by atoms with E-state index < -0.39 is 15.9 Å². The van der Waals surface area contributed by atoms with Crippen LogP contribution in [0, 0.1) is 0 Å². The van der Waals surface area contributed by atoms with Gasteiger partial charge in [-0.05, 0) is 18.2 Å². The van der Waals surface area contributed by atoms with Gasteiger partial charge in [0.15, 0.2) is 0 Å². The topological polar surface area (TPSA) is 105 Å². The zero-order chi connectivity index (χ0) is 22.7. The van der Waals surface area contributed by atoms with E-state index in [2.05, 4.69) is 15.2 Å². The maximum absolute atomic E-state index is 12.7. The Morgan fingerprint density at radius 2 is 1.78 bits per heavy atom. The molecule has 1 amide bonds. The number of aryl methyl sites for hydroxylation is 1. The molecule has 0 bridgehead atoms. The molecule has 0 radical (unpaired) electrons. The van der Waals surface area contributed by atoms with E-state index in [0.717, 1.165) is 5.82 Å². The molecule has 32 heavy (non-hydrogen) atoms. The van der Waals surface area contributed by atoms with Crippen LogP contribution in [0.25, 0.3) is 10.9 Å². The van der Waals surface area contributed by atoms with Gasteiger partial charge < -0.3 is 14.8 Å². The number of carbonyl (C=O) groups excluding carboxylic acids is 1. The van der Waals surface area contributed by atoms with Crippen LogP contribution in [0.15, 0.2) is 59.5 Å². The van der Waals surface area contributed by atoms with Gasteiger partial charge in [-0.15, -0.1) is 0 Å². The van der Waals surface area contributed by atoms with E-state index in [1.54, 1.807) is 37.5 Å². The van der Waals surface area contributed by atoms with Crippen LogP contribution in [0.5, 0.6) is 0 Å². The minimum absolute atomic E-state index is 0.0365. The van der Waals surface area contributed by atoms with Crippen molar-refractivity contribution in [3.63, 3.8) is 0 Å². The highest BCUT2D eigenvalue weighted by Crippen LogP contribution is 2.17. The van der Waals surface area contributed by atoms with Crippen molar-refractivity contribution in [2.75, 3.05) is 43.4 Å². The molecular formula is C22H25N5O4S. The smallest absolute Gasteiger partial charge is 0.252 e. The summed E-state index contributed by atoms with van der Waals surface area (Å²) in [6, 6.07) is 14.0. The second-order valence-electron chi connectivity index (χ2n) is 7.62. The number of fused-ring (bicyclic) bond motifs is 1. The lowest BCUT2D eigenvalue weighted by atomic mass is 10.1. The number of para-hydroxylation sites is 1. The molecule has 9 nitrogen and oxygen atoms in total. The molecule has 2 aromatic heterocycles. The van der Waals surface area contributed by atoms with Crippen LogP contribution >= 0.6 is 0 Å². The Morgan fingerprint density at radius 1 is 1.06 bits per heavy atom. The Morgan fingerprint density at radius 3 is 2.50 bits per heavy atom. The molecule has 1 fully saturated rings. The van der Waals surface area contributed by atoms with Gasteiger partial charge in [-0.2, -0.15) is 4.31 Å². The van der Waals surface area contributed by atoms with Crippen LogP contribution in [0.2, 0.25) is 0 Å². The number of benzene rings is 1. The number of aromatic nitrogens is 2. The van der Waals surface area contributed by atoms with E-state index in [0.29, 0.717) is 37.1 Å². The Balaban J connectivity index is 1.36. The van der Waals surface area contributed by atoms with Crippen molar-refractivity contribution in [2.24, 2.45) is 7.05 Å². The number of sulfonamides is 1. The van der Waals surface area contributed by atoms with Gasteiger partial charge in [0.25, 0.3) is 11.5 Å². The summed E-state index contributed by atoms with van der Waals surface area (Å²) >= 11 is 0. The maximum Gasteiger partial charge on any atom is 0.252 e. The molecule has 168 valence electrons. The van der Waals surface area contributed by atoms with Crippen molar-refractivity contribution in [2.45, 2.75) is 0 Å². The number of rotatable bonds is 6. The standard InChI is InChI=1S/C22H25N5O4S/c1-25-19-7-3-2-6-17(19)18(16-21(25)28)22(29)24-10-15-32(30,31)27-13-11-26(12-14-27)20-8-4-5-9-23-20/h2-9,16H,10-15H2,1H3,(H,24,29). The van der Waals surface area contributed by atoms with Crippen molar-refractivity contribution < 1.29 is 13.2 Å². The van der Waals surface area contributed by atoms with Gasteiger partial charge in [0.1, 0.15) is 5.82 Å². The number of piperazine rings is 1. The minimum Gasteiger partial charge on any atom is -0.354 e. The first-order chi connectivity index (χ1) is 15.4. The van der Waals surface area contributed by atoms with Gasteiger partial charge >= 0.3 is 0 Å². The molecule has 4 rings (SSSR count). The molecule has 1 aliphatic rings. The highest BCUT2D eigenvalue weighted by molar-refractivity contribution is 7.89. The number of nitrogens with zero attached hydrogens (tertiary/aromatic N) is 4. The van der Waals surface area contributed by atoms with Crippen molar-refractivity contribution in [1.29, 1.82) is 0 Å². The lowest BCUT2D eigenvalue weighted by Crippen LogP contribution is -2.50. The Kier molecular flexibility index (Phi) is 6.24. The molecule has 10 heteroatoms. The average Bonchev–Trinajstić information content (AvgIpc) is 2.82. The normalized spacial score (nSPS) is 15.1. The number of anilines is 1. The lowest BCUT2D eigenvalue weighted by molar-refractivity contribution is 0.0957. The largest absolute Gasteiger partial charge is 0.354 e. The van der Waals surface area contributed by atoms with Gasteiger partial charge in [0.2, 0.25) is 10.0 Å². The van der Waals surface area contributed by atoms with E-state index in [4.69, 9.17) is 0 Å². The molecule has 3 aromatic rings. The number of carbonyl (C=O) groups is 1. The number of hydrogen-bond acceptors (Lipinski definition) is 6. The molecule has 0 atom stereocenters. The minimum atomic E-state index is -3.52.